The van der Waals surface area contributed by atoms with Crippen molar-refractivity contribution in [2.75, 3.05) is 6.61 Å². The second-order valence-corrected chi connectivity index (χ2v) is 6.98. The van der Waals surface area contributed by atoms with E-state index in [0.29, 0.717) is 17.9 Å². The first-order chi connectivity index (χ1) is 8.95. The van der Waals surface area contributed by atoms with Gasteiger partial charge >= 0.3 is 0 Å². The molecule has 106 valence electrons. The van der Waals surface area contributed by atoms with Gasteiger partial charge in [-0.15, -0.1) is 0 Å². The maximum atomic E-state index is 6.53. The van der Waals surface area contributed by atoms with Crippen LogP contribution in [-0.4, -0.2) is 6.61 Å². The molecule has 2 atom stereocenters. The lowest BCUT2D eigenvalue weighted by molar-refractivity contribution is 0.221. The average Bonchev–Trinajstić information content (AvgIpc) is 2.69. The second kappa shape index (κ2) is 5.84. The molecular formula is C16H24BrNO. The first-order valence-corrected chi connectivity index (χ1v) is 7.93. The monoisotopic (exact) mass is 325 g/mol. The van der Waals surface area contributed by atoms with Gasteiger partial charge in [-0.05, 0) is 48.8 Å². The first kappa shape index (κ1) is 14.9. The van der Waals surface area contributed by atoms with Crippen LogP contribution in [-0.2, 0) is 0 Å². The number of hydrogen-bond donors (Lipinski definition) is 1. The molecule has 0 spiro atoms. The van der Waals surface area contributed by atoms with Crippen LogP contribution in [0.2, 0.25) is 0 Å². The lowest BCUT2D eigenvalue weighted by atomic mass is 9.76. The minimum Gasteiger partial charge on any atom is -0.494 e. The Bertz CT molecular complexity index is 444. The molecule has 1 aromatic rings. The molecule has 0 aliphatic heterocycles. The number of ether oxygens (including phenoxy) is 1. The largest absolute Gasteiger partial charge is 0.494 e. The number of nitrogens with two attached hydrogens (primary N) is 1. The maximum absolute atomic E-state index is 6.53. The predicted molar refractivity (Wildman–Crippen MR) is 83.4 cm³/mol. The van der Waals surface area contributed by atoms with Gasteiger partial charge in [-0.25, -0.2) is 0 Å². The van der Waals surface area contributed by atoms with Gasteiger partial charge in [0.25, 0.3) is 0 Å². The van der Waals surface area contributed by atoms with Crippen LogP contribution in [0.1, 0.15) is 51.6 Å². The summed E-state index contributed by atoms with van der Waals surface area (Å²) in [6.45, 7) is 7.36. The van der Waals surface area contributed by atoms with E-state index in [-0.39, 0.29) is 6.04 Å². The lowest BCUT2D eigenvalue weighted by Crippen LogP contribution is -2.29. The standard InChI is InChI=1S/C16H24BrNO/c1-4-19-11-7-8-12(14(17)10-11)15(18)13-6-5-9-16(13,2)3/h7-8,10,13,15H,4-6,9,18H2,1-3H3. The molecule has 1 aliphatic carbocycles. The third-order valence-corrected chi connectivity index (χ3v) is 5.10. The van der Waals surface area contributed by atoms with Crippen molar-refractivity contribution >= 4 is 15.9 Å². The van der Waals surface area contributed by atoms with Gasteiger partial charge in [0.1, 0.15) is 5.75 Å². The van der Waals surface area contributed by atoms with Crippen LogP contribution in [0, 0.1) is 11.3 Å². The zero-order valence-corrected chi connectivity index (χ0v) is 13.7. The summed E-state index contributed by atoms with van der Waals surface area (Å²) < 4.78 is 6.58. The Hall–Kier alpha value is -0.540. The lowest BCUT2D eigenvalue weighted by Gasteiger charge is -2.32. The fraction of sp³-hybridized carbons (Fsp3) is 0.625. The van der Waals surface area contributed by atoms with E-state index in [4.69, 9.17) is 10.5 Å². The molecule has 1 aliphatic rings. The fourth-order valence-corrected chi connectivity index (χ4v) is 3.89. The third kappa shape index (κ3) is 3.14. The van der Waals surface area contributed by atoms with Crippen molar-refractivity contribution in [3.63, 3.8) is 0 Å². The smallest absolute Gasteiger partial charge is 0.120 e. The summed E-state index contributed by atoms with van der Waals surface area (Å²) in [6, 6.07) is 6.25. The van der Waals surface area contributed by atoms with Crippen molar-refractivity contribution < 1.29 is 4.74 Å². The Morgan fingerprint density at radius 3 is 2.74 bits per heavy atom. The highest BCUT2D eigenvalue weighted by atomic mass is 79.9. The Morgan fingerprint density at radius 1 is 1.47 bits per heavy atom. The van der Waals surface area contributed by atoms with Crippen molar-refractivity contribution in [1.82, 2.24) is 0 Å². The highest BCUT2D eigenvalue weighted by Crippen LogP contribution is 2.48. The van der Waals surface area contributed by atoms with E-state index in [1.165, 1.54) is 24.8 Å². The SMILES string of the molecule is CCOc1ccc(C(N)C2CCCC2(C)C)c(Br)c1. The van der Waals surface area contributed by atoms with Gasteiger partial charge < -0.3 is 10.5 Å². The van der Waals surface area contributed by atoms with Crippen LogP contribution < -0.4 is 10.5 Å². The van der Waals surface area contributed by atoms with Crippen molar-refractivity contribution in [3.8, 4) is 5.75 Å². The van der Waals surface area contributed by atoms with Crippen molar-refractivity contribution in [1.29, 1.82) is 0 Å². The second-order valence-electron chi connectivity index (χ2n) is 6.13. The molecule has 2 rings (SSSR count). The average molecular weight is 326 g/mol. The van der Waals surface area contributed by atoms with Gasteiger partial charge in [-0.3, -0.25) is 0 Å². The molecule has 0 aromatic heterocycles. The van der Waals surface area contributed by atoms with Gasteiger partial charge in [0.15, 0.2) is 0 Å². The zero-order chi connectivity index (χ0) is 14.0. The van der Waals surface area contributed by atoms with E-state index in [2.05, 4.69) is 35.8 Å². The third-order valence-electron chi connectivity index (χ3n) is 4.42. The molecule has 3 heteroatoms. The van der Waals surface area contributed by atoms with E-state index >= 15 is 0 Å². The molecule has 2 unspecified atom stereocenters. The fourth-order valence-electron chi connectivity index (χ4n) is 3.27. The summed E-state index contributed by atoms with van der Waals surface area (Å²) in [5.74, 6) is 1.46. The minimum atomic E-state index is 0.0996. The van der Waals surface area contributed by atoms with E-state index in [1.807, 2.05) is 19.1 Å². The highest BCUT2D eigenvalue weighted by molar-refractivity contribution is 9.10. The molecule has 1 fully saturated rings. The summed E-state index contributed by atoms with van der Waals surface area (Å²) in [7, 11) is 0. The molecule has 2 nitrogen and oxygen atoms in total. The van der Waals surface area contributed by atoms with Crippen LogP contribution in [0.3, 0.4) is 0 Å². The van der Waals surface area contributed by atoms with Gasteiger partial charge in [0.05, 0.1) is 6.61 Å². The molecule has 0 radical (unpaired) electrons. The van der Waals surface area contributed by atoms with Crippen LogP contribution in [0.25, 0.3) is 0 Å². The number of rotatable bonds is 4. The Labute approximate surface area is 124 Å². The van der Waals surface area contributed by atoms with E-state index in [9.17, 15) is 0 Å². The summed E-state index contributed by atoms with van der Waals surface area (Å²) >= 11 is 3.64. The van der Waals surface area contributed by atoms with Crippen LogP contribution in [0.5, 0.6) is 5.75 Å². The van der Waals surface area contributed by atoms with Crippen molar-refractivity contribution in [2.45, 2.75) is 46.1 Å². The maximum Gasteiger partial charge on any atom is 0.120 e. The molecule has 0 heterocycles. The first-order valence-electron chi connectivity index (χ1n) is 7.13. The molecule has 1 saturated carbocycles. The Morgan fingerprint density at radius 2 is 2.21 bits per heavy atom. The topological polar surface area (TPSA) is 35.2 Å². The van der Waals surface area contributed by atoms with Crippen LogP contribution in [0.4, 0.5) is 0 Å². The summed E-state index contributed by atoms with van der Waals surface area (Å²) in [5, 5.41) is 0. The Balaban J connectivity index is 2.22. The number of benzene rings is 1. The minimum absolute atomic E-state index is 0.0996. The van der Waals surface area contributed by atoms with Crippen molar-refractivity contribution in [2.24, 2.45) is 17.1 Å². The summed E-state index contributed by atoms with van der Waals surface area (Å²) in [4.78, 5) is 0. The normalized spacial score (nSPS) is 23.3. The molecular weight excluding hydrogens is 302 g/mol. The summed E-state index contributed by atoms with van der Waals surface area (Å²) in [6.07, 6.45) is 3.80. The quantitative estimate of drug-likeness (QED) is 0.872. The number of hydrogen-bond acceptors (Lipinski definition) is 2. The zero-order valence-electron chi connectivity index (χ0n) is 12.1. The molecule has 19 heavy (non-hydrogen) atoms. The molecule has 0 bridgehead atoms. The van der Waals surface area contributed by atoms with E-state index < -0.39 is 0 Å². The van der Waals surface area contributed by atoms with Gasteiger partial charge in [-0.2, -0.15) is 0 Å². The predicted octanol–water partition coefficient (Wildman–Crippen LogP) is 4.67. The van der Waals surface area contributed by atoms with Gasteiger partial charge in [0.2, 0.25) is 0 Å². The Kier molecular flexibility index (Phi) is 4.57. The van der Waals surface area contributed by atoms with Crippen LogP contribution >= 0.6 is 15.9 Å². The van der Waals surface area contributed by atoms with Crippen molar-refractivity contribution in [3.05, 3.63) is 28.2 Å². The van der Waals surface area contributed by atoms with Crippen LogP contribution in [0.15, 0.2) is 22.7 Å². The summed E-state index contributed by atoms with van der Waals surface area (Å²) in [5.41, 5.74) is 8.07. The molecule has 1 aromatic carbocycles. The van der Waals surface area contributed by atoms with Gasteiger partial charge in [0, 0.05) is 10.5 Å². The molecule has 0 saturated heterocycles. The number of halogens is 1. The van der Waals surface area contributed by atoms with E-state index in [0.717, 1.165) is 10.2 Å². The van der Waals surface area contributed by atoms with Gasteiger partial charge in [-0.1, -0.05) is 42.3 Å². The van der Waals surface area contributed by atoms with E-state index in [1.54, 1.807) is 0 Å². The molecule has 2 N–H and O–H groups in total. The highest BCUT2D eigenvalue weighted by Gasteiger charge is 2.39. The molecule has 0 amide bonds.